The highest BCUT2D eigenvalue weighted by molar-refractivity contribution is 14.1. The maximum absolute atomic E-state index is 12.5. The number of rotatable bonds is 1. The van der Waals surface area contributed by atoms with Crippen LogP contribution in [-0.4, -0.2) is 17.8 Å². The summed E-state index contributed by atoms with van der Waals surface area (Å²) >= 11 is 2.15. The zero-order valence-electron chi connectivity index (χ0n) is 9.98. The predicted molar refractivity (Wildman–Crippen MR) is 76.5 cm³/mol. The van der Waals surface area contributed by atoms with E-state index in [1.807, 2.05) is 12.1 Å². The van der Waals surface area contributed by atoms with Crippen LogP contribution in [0.1, 0.15) is 19.3 Å². The minimum Gasteiger partial charge on any atom is -0.276 e. The normalized spacial score (nSPS) is 21.3. The quantitative estimate of drug-likeness (QED) is 0.608. The van der Waals surface area contributed by atoms with Crippen LogP contribution < -0.4 is 10.2 Å². The molecule has 1 heterocycles. The summed E-state index contributed by atoms with van der Waals surface area (Å²) in [5.41, 5.74) is -0.515. The van der Waals surface area contributed by atoms with Gasteiger partial charge in [-0.3, -0.25) is 14.9 Å². The van der Waals surface area contributed by atoms with Crippen molar-refractivity contribution in [2.24, 2.45) is 5.41 Å². The Hall–Kier alpha value is -1.44. The maximum Gasteiger partial charge on any atom is 0.335 e. The Kier molecular flexibility index (Phi) is 2.84. The molecule has 0 bridgehead atoms. The molecule has 4 amide bonds. The largest absolute Gasteiger partial charge is 0.335 e. The van der Waals surface area contributed by atoms with Gasteiger partial charge in [0.05, 0.1) is 5.69 Å². The standard InChI is InChI=1S/C13H11IN2O3/c14-8-2-4-9(5-3-8)16-11(18)13(6-1-7-13)10(17)15-12(16)19/h2-5H,1,6-7H2,(H,15,17,19). The van der Waals surface area contributed by atoms with Crippen molar-refractivity contribution >= 4 is 46.1 Å². The molecule has 3 rings (SSSR count). The molecule has 19 heavy (non-hydrogen) atoms. The SMILES string of the molecule is O=C1NC(=O)C2(CCC2)C(=O)N1c1ccc(I)cc1. The van der Waals surface area contributed by atoms with Crippen LogP contribution in [0, 0.1) is 8.99 Å². The number of carbonyl (C=O) groups excluding carboxylic acids is 3. The van der Waals surface area contributed by atoms with E-state index in [0.29, 0.717) is 18.5 Å². The Morgan fingerprint density at radius 2 is 1.74 bits per heavy atom. The second kappa shape index (κ2) is 4.29. The van der Waals surface area contributed by atoms with Crippen LogP contribution in [0.2, 0.25) is 0 Å². The maximum atomic E-state index is 12.5. The summed E-state index contributed by atoms with van der Waals surface area (Å²) in [5.74, 6) is -0.843. The van der Waals surface area contributed by atoms with Crippen LogP contribution in [0.3, 0.4) is 0 Å². The van der Waals surface area contributed by atoms with E-state index in [0.717, 1.165) is 14.9 Å². The van der Waals surface area contributed by atoms with Gasteiger partial charge in [0, 0.05) is 3.57 Å². The number of amides is 4. The number of halogens is 1. The Labute approximate surface area is 123 Å². The zero-order valence-corrected chi connectivity index (χ0v) is 12.1. The van der Waals surface area contributed by atoms with Gasteiger partial charge in [-0.25, -0.2) is 9.69 Å². The first-order chi connectivity index (χ1) is 9.04. The third-order valence-corrected chi connectivity index (χ3v) is 4.48. The second-order valence-electron chi connectivity index (χ2n) is 4.81. The molecule has 0 radical (unpaired) electrons. The van der Waals surface area contributed by atoms with Gasteiger partial charge in [-0.1, -0.05) is 6.42 Å². The van der Waals surface area contributed by atoms with Crippen molar-refractivity contribution in [3.8, 4) is 0 Å². The molecule has 1 aromatic rings. The molecule has 1 aliphatic carbocycles. The molecule has 1 aromatic carbocycles. The van der Waals surface area contributed by atoms with Crippen molar-refractivity contribution in [3.05, 3.63) is 27.8 Å². The number of benzene rings is 1. The van der Waals surface area contributed by atoms with Gasteiger partial charge >= 0.3 is 6.03 Å². The average molecular weight is 370 g/mol. The third kappa shape index (κ3) is 1.77. The Morgan fingerprint density at radius 1 is 1.11 bits per heavy atom. The first-order valence-corrected chi connectivity index (χ1v) is 7.08. The topological polar surface area (TPSA) is 66.5 Å². The lowest BCUT2D eigenvalue weighted by molar-refractivity contribution is -0.148. The van der Waals surface area contributed by atoms with E-state index >= 15 is 0 Å². The molecule has 2 fully saturated rings. The van der Waals surface area contributed by atoms with Crippen molar-refractivity contribution < 1.29 is 14.4 Å². The smallest absolute Gasteiger partial charge is 0.276 e. The van der Waals surface area contributed by atoms with Gasteiger partial charge in [0.25, 0.3) is 5.91 Å². The second-order valence-corrected chi connectivity index (χ2v) is 6.06. The van der Waals surface area contributed by atoms with E-state index in [2.05, 4.69) is 27.9 Å². The van der Waals surface area contributed by atoms with E-state index in [1.165, 1.54) is 0 Å². The number of imide groups is 2. The third-order valence-electron chi connectivity index (χ3n) is 3.76. The summed E-state index contributed by atoms with van der Waals surface area (Å²) in [7, 11) is 0. The summed E-state index contributed by atoms with van der Waals surface area (Å²) in [5, 5.41) is 2.29. The molecule has 2 aliphatic rings. The van der Waals surface area contributed by atoms with Crippen LogP contribution in [0.4, 0.5) is 10.5 Å². The minimum atomic E-state index is -1.02. The van der Waals surface area contributed by atoms with E-state index < -0.39 is 23.3 Å². The Balaban J connectivity index is 2.00. The van der Waals surface area contributed by atoms with Crippen molar-refractivity contribution in [2.75, 3.05) is 4.90 Å². The summed E-state index contributed by atoms with van der Waals surface area (Å²) < 4.78 is 1.01. The number of carbonyl (C=O) groups is 3. The number of nitrogens with zero attached hydrogens (tertiary/aromatic N) is 1. The molecular weight excluding hydrogens is 359 g/mol. The molecule has 1 spiro atoms. The lowest BCUT2D eigenvalue weighted by Gasteiger charge is -2.44. The van der Waals surface area contributed by atoms with E-state index in [9.17, 15) is 14.4 Å². The van der Waals surface area contributed by atoms with Gasteiger partial charge in [-0.15, -0.1) is 0 Å². The molecule has 1 aliphatic heterocycles. The van der Waals surface area contributed by atoms with Crippen molar-refractivity contribution in [3.63, 3.8) is 0 Å². The van der Waals surface area contributed by atoms with Crippen LogP contribution >= 0.6 is 22.6 Å². The fraction of sp³-hybridized carbons (Fsp3) is 0.308. The molecule has 1 saturated carbocycles. The van der Waals surface area contributed by atoms with E-state index in [4.69, 9.17) is 0 Å². The monoisotopic (exact) mass is 370 g/mol. The van der Waals surface area contributed by atoms with Crippen LogP contribution in [0.5, 0.6) is 0 Å². The number of urea groups is 1. The van der Waals surface area contributed by atoms with Crippen LogP contribution in [0.25, 0.3) is 0 Å². The summed E-state index contributed by atoms with van der Waals surface area (Å²) in [6.07, 6.45) is 1.88. The molecule has 0 aromatic heterocycles. The summed E-state index contributed by atoms with van der Waals surface area (Å²) in [6, 6.07) is 6.40. The van der Waals surface area contributed by atoms with E-state index in [-0.39, 0.29) is 0 Å². The van der Waals surface area contributed by atoms with Crippen molar-refractivity contribution in [2.45, 2.75) is 19.3 Å². The first-order valence-electron chi connectivity index (χ1n) is 6.00. The molecule has 1 N–H and O–H groups in total. The summed E-state index contributed by atoms with van der Waals surface area (Å²) in [6.45, 7) is 0. The van der Waals surface area contributed by atoms with Gasteiger partial charge in [0.15, 0.2) is 0 Å². The number of hydrogen-bond acceptors (Lipinski definition) is 3. The molecule has 1 saturated heterocycles. The fourth-order valence-electron chi connectivity index (χ4n) is 2.47. The molecule has 5 nitrogen and oxygen atoms in total. The average Bonchev–Trinajstić information content (AvgIpc) is 2.29. The Bertz CT molecular complexity index is 578. The van der Waals surface area contributed by atoms with Gasteiger partial charge in [0.1, 0.15) is 5.41 Å². The highest BCUT2D eigenvalue weighted by atomic mass is 127. The lowest BCUT2D eigenvalue weighted by atomic mass is 9.66. The molecule has 98 valence electrons. The Morgan fingerprint density at radius 3 is 2.26 bits per heavy atom. The molecule has 0 unspecified atom stereocenters. The minimum absolute atomic E-state index is 0.395. The number of anilines is 1. The molecule has 0 atom stereocenters. The number of barbiturate groups is 1. The predicted octanol–water partition coefficient (Wildman–Crippen LogP) is 2.04. The number of hydrogen-bond donors (Lipinski definition) is 1. The van der Waals surface area contributed by atoms with Gasteiger partial charge in [0.2, 0.25) is 5.91 Å². The van der Waals surface area contributed by atoms with Gasteiger partial charge in [-0.05, 0) is 59.7 Å². The lowest BCUT2D eigenvalue weighted by Crippen LogP contribution is -2.66. The molecule has 6 heteroatoms. The van der Waals surface area contributed by atoms with E-state index in [1.54, 1.807) is 12.1 Å². The van der Waals surface area contributed by atoms with Crippen LogP contribution in [0.15, 0.2) is 24.3 Å². The van der Waals surface area contributed by atoms with Crippen molar-refractivity contribution in [1.82, 2.24) is 5.32 Å². The molecular formula is C13H11IN2O3. The number of nitrogens with one attached hydrogen (secondary N) is 1. The fourth-order valence-corrected chi connectivity index (χ4v) is 2.83. The summed E-state index contributed by atoms with van der Waals surface area (Å²) in [4.78, 5) is 37.3. The highest BCUT2D eigenvalue weighted by Gasteiger charge is 2.57. The van der Waals surface area contributed by atoms with Gasteiger partial charge < -0.3 is 0 Å². The van der Waals surface area contributed by atoms with Crippen molar-refractivity contribution in [1.29, 1.82) is 0 Å². The zero-order chi connectivity index (χ0) is 13.6. The first kappa shape index (κ1) is 12.6. The highest BCUT2D eigenvalue weighted by Crippen LogP contribution is 2.45. The van der Waals surface area contributed by atoms with Gasteiger partial charge in [-0.2, -0.15) is 0 Å². The van der Waals surface area contributed by atoms with Crippen LogP contribution in [-0.2, 0) is 9.59 Å².